The van der Waals surface area contributed by atoms with Crippen molar-refractivity contribution < 1.29 is 19.0 Å². The number of rotatable bonds is 7. The van der Waals surface area contributed by atoms with Crippen LogP contribution in [-0.4, -0.2) is 31.4 Å². The van der Waals surface area contributed by atoms with Crippen molar-refractivity contribution in [1.82, 2.24) is 4.57 Å². The van der Waals surface area contributed by atoms with Gasteiger partial charge in [0.25, 0.3) is 5.56 Å². The summed E-state index contributed by atoms with van der Waals surface area (Å²) in [5.41, 5.74) is 0.220. The van der Waals surface area contributed by atoms with Crippen LogP contribution in [0.1, 0.15) is 12.5 Å². The Balaban J connectivity index is 2.69. The lowest BCUT2D eigenvalue weighted by molar-refractivity contribution is -0.135. The van der Waals surface area contributed by atoms with Crippen LogP contribution < -0.4 is 24.2 Å². The number of hydrogen-bond acceptors (Lipinski definition) is 7. The maximum atomic E-state index is 12.8. The minimum atomic E-state index is -0.788. The van der Waals surface area contributed by atoms with Crippen LogP contribution in [0.5, 0.6) is 11.5 Å². The van der Waals surface area contributed by atoms with E-state index < -0.39 is 5.97 Å². The predicted molar refractivity (Wildman–Crippen MR) is 107 cm³/mol. The van der Waals surface area contributed by atoms with Crippen LogP contribution in [0.4, 0.5) is 0 Å². The van der Waals surface area contributed by atoms with Crippen molar-refractivity contribution in [1.29, 1.82) is 5.26 Å². The van der Waals surface area contributed by atoms with Crippen molar-refractivity contribution >= 4 is 29.0 Å². The number of carbonyl (C=O) groups excluding carboxylic acids is 1. The molecule has 28 heavy (non-hydrogen) atoms. The lowest BCUT2D eigenvalue weighted by Gasteiger charge is -2.07. The first-order chi connectivity index (χ1) is 13.5. The number of methoxy groups -OCH3 is 2. The van der Waals surface area contributed by atoms with E-state index in [0.717, 1.165) is 16.9 Å². The highest BCUT2D eigenvalue weighted by Gasteiger charge is 2.16. The Morgan fingerprint density at radius 2 is 2.04 bits per heavy atom. The smallest absolute Gasteiger partial charge is 0.352 e. The summed E-state index contributed by atoms with van der Waals surface area (Å²) in [4.78, 5) is 24.9. The number of nitriles is 1. The van der Waals surface area contributed by atoms with Crippen molar-refractivity contribution in [2.24, 2.45) is 0 Å². The fourth-order valence-electron chi connectivity index (χ4n) is 2.47. The van der Waals surface area contributed by atoms with E-state index in [9.17, 15) is 14.9 Å². The lowest BCUT2D eigenvalue weighted by atomic mass is 10.2. The van der Waals surface area contributed by atoms with Gasteiger partial charge in [-0.1, -0.05) is 18.7 Å². The van der Waals surface area contributed by atoms with Crippen molar-refractivity contribution in [2.75, 3.05) is 20.8 Å². The zero-order valence-electron chi connectivity index (χ0n) is 15.9. The van der Waals surface area contributed by atoms with E-state index in [-0.39, 0.29) is 22.4 Å². The summed E-state index contributed by atoms with van der Waals surface area (Å²) >= 11 is 1.06. The summed E-state index contributed by atoms with van der Waals surface area (Å²) in [5, 5.41) is 9.42. The van der Waals surface area contributed by atoms with E-state index >= 15 is 0 Å². The molecule has 0 aliphatic heterocycles. The third-order valence-corrected chi connectivity index (χ3v) is 4.92. The topological polar surface area (TPSA) is 90.6 Å². The fraction of sp³-hybridized carbons (Fsp3) is 0.250. The minimum Gasteiger partial charge on any atom is -0.493 e. The molecule has 0 saturated carbocycles. The van der Waals surface area contributed by atoms with Gasteiger partial charge in [-0.2, -0.15) is 5.26 Å². The molecule has 7 nitrogen and oxygen atoms in total. The molecule has 8 heteroatoms. The highest BCUT2D eigenvalue weighted by Crippen LogP contribution is 2.27. The van der Waals surface area contributed by atoms with Crippen LogP contribution in [0.2, 0.25) is 0 Å². The Bertz CT molecular complexity index is 1110. The number of nitrogens with zero attached hydrogens (tertiary/aromatic N) is 2. The summed E-state index contributed by atoms with van der Waals surface area (Å²) in [7, 11) is 3.06. The molecule has 2 aromatic rings. The number of ether oxygens (including phenoxy) is 3. The molecule has 0 bridgehead atoms. The molecule has 146 valence electrons. The van der Waals surface area contributed by atoms with E-state index in [1.165, 1.54) is 24.9 Å². The fourth-order valence-corrected chi connectivity index (χ4v) is 3.63. The van der Waals surface area contributed by atoms with Gasteiger partial charge in [0.05, 0.1) is 18.8 Å². The molecule has 1 aromatic carbocycles. The summed E-state index contributed by atoms with van der Waals surface area (Å²) in [6, 6.07) is 7.10. The number of carbonyl (C=O) groups is 1. The van der Waals surface area contributed by atoms with Gasteiger partial charge >= 0.3 is 5.97 Å². The van der Waals surface area contributed by atoms with Gasteiger partial charge in [-0.05, 0) is 30.7 Å². The van der Waals surface area contributed by atoms with Crippen molar-refractivity contribution in [3.63, 3.8) is 0 Å². The van der Waals surface area contributed by atoms with Gasteiger partial charge in [-0.15, -0.1) is 11.3 Å². The summed E-state index contributed by atoms with van der Waals surface area (Å²) in [6.45, 7) is 5.53. The minimum absolute atomic E-state index is 0.0175. The number of esters is 1. The van der Waals surface area contributed by atoms with E-state index in [1.807, 2.05) is 6.07 Å². The van der Waals surface area contributed by atoms with Gasteiger partial charge in [0.15, 0.2) is 17.1 Å². The SMILES string of the molecule is C=CCOC(=O)/C(C#N)=c1\s/c(=C\c2ccc(OC)c(OC)c2)c(=O)n1CC. The molecule has 2 rings (SSSR count). The van der Waals surface area contributed by atoms with Gasteiger partial charge < -0.3 is 14.2 Å². The van der Waals surface area contributed by atoms with E-state index in [1.54, 1.807) is 31.2 Å². The van der Waals surface area contributed by atoms with Crippen LogP contribution in [0.3, 0.4) is 0 Å². The van der Waals surface area contributed by atoms with E-state index in [2.05, 4.69) is 6.58 Å². The second-order valence-electron chi connectivity index (χ2n) is 5.45. The molecule has 0 saturated heterocycles. The number of hydrogen-bond donors (Lipinski definition) is 0. The number of benzene rings is 1. The van der Waals surface area contributed by atoms with E-state index in [4.69, 9.17) is 14.2 Å². The zero-order valence-corrected chi connectivity index (χ0v) is 16.7. The molecule has 1 aromatic heterocycles. The van der Waals surface area contributed by atoms with Gasteiger partial charge in [-0.25, -0.2) is 4.79 Å². The van der Waals surface area contributed by atoms with Crippen LogP contribution in [-0.2, 0) is 16.1 Å². The molecular formula is C20H20N2O5S. The van der Waals surface area contributed by atoms with E-state index in [0.29, 0.717) is 22.6 Å². The third kappa shape index (κ3) is 4.32. The van der Waals surface area contributed by atoms with Crippen molar-refractivity contribution in [3.8, 4) is 17.6 Å². The summed E-state index contributed by atoms with van der Waals surface area (Å²) in [6.07, 6.45) is 3.08. The van der Waals surface area contributed by atoms with Crippen LogP contribution in [0.15, 0.2) is 35.6 Å². The average molecular weight is 400 g/mol. The first-order valence-electron chi connectivity index (χ1n) is 8.36. The standard InChI is InChI=1S/C20H20N2O5S/c1-5-9-27-20(24)14(12-21)19-22(6-2)18(23)17(28-19)11-13-7-8-15(25-3)16(10-13)26-4/h5,7-8,10-11H,1,6,9H2,2-4H3/b17-11-,19-14-. The first kappa shape index (κ1) is 21.0. The highest BCUT2D eigenvalue weighted by atomic mass is 32.1. The molecule has 0 atom stereocenters. The molecule has 1 heterocycles. The van der Waals surface area contributed by atoms with Crippen LogP contribution in [0.25, 0.3) is 11.6 Å². The largest absolute Gasteiger partial charge is 0.493 e. The molecule has 0 aliphatic rings. The lowest BCUT2D eigenvalue weighted by Crippen LogP contribution is -2.32. The Kier molecular flexibility index (Phi) is 7.18. The monoisotopic (exact) mass is 400 g/mol. The summed E-state index contributed by atoms with van der Waals surface area (Å²) < 4.78 is 17.5. The van der Waals surface area contributed by atoms with Crippen LogP contribution >= 0.6 is 11.3 Å². The molecule has 0 aliphatic carbocycles. The highest BCUT2D eigenvalue weighted by molar-refractivity contribution is 7.07. The van der Waals surface area contributed by atoms with Gasteiger partial charge in [0, 0.05) is 6.54 Å². The summed E-state index contributed by atoms with van der Waals surface area (Å²) in [5.74, 6) is 0.312. The predicted octanol–water partition coefficient (Wildman–Crippen LogP) is 1.18. The van der Waals surface area contributed by atoms with Crippen molar-refractivity contribution in [3.05, 3.63) is 56.0 Å². The average Bonchev–Trinajstić information content (AvgIpc) is 3.01. The molecule has 0 amide bonds. The third-order valence-electron chi connectivity index (χ3n) is 3.79. The maximum Gasteiger partial charge on any atom is 0.352 e. The quantitative estimate of drug-likeness (QED) is 0.512. The Morgan fingerprint density at radius 1 is 1.32 bits per heavy atom. The molecule has 0 fully saturated rings. The van der Waals surface area contributed by atoms with Crippen LogP contribution in [0, 0.1) is 11.3 Å². The second-order valence-corrected chi connectivity index (χ2v) is 6.48. The first-order valence-corrected chi connectivity index (χ1v) is 9.18. The Hall–Kier alpha value is -3.31. The van der Waals surface area contributed by atoms with Gasteiger partial charge in [-0.3, -0.25) is 9.36 Å². The molecule has 0 spiro atoms. The van der Waals surface area contributed by atoms with Gasteiger partial charge in [0.2, 0.25) is 0 Å². The van der Waals surface area contributed by atoms with Crippen molar-refractivity contribution in [2.45, 2.75) is 13.5 Å². The van der Waals surface area contributed by atoms with Gasteiger partial charge in [0.1, 0.15) is 17.3 Å². The number of aromatic nitrogens is 1. The Morgan fingerprint density at radius 3 is 2.61 bits per heavy atom. The molecule has 0 N–H and O–H groups in total. The molecule has 0 radical (unpaired) electrons. The number of thiazole rings is 1. The maximum absolute atomic E-state index is 12.8. The Labute approximate surface area is 166 Å². The second kappa shape index (κ2) is 9.58. The normalized spacial score (nSPS) is 12.1. The molecule has 0 unspecified atom stereocenters. The zero-order chi connectivity index (χ0) is 20.7. The molecular weight excluding hydrogens is 380 g/mol.